The first kappa shape index (κ1) is 21.4. The number of H-pyrrole nitrogens is 1. The van der Waals surface area contributed by atoms with Gasteiger partial charge in [0.15, 0.2) is 0 Å². The molecule has 5 rings (SSSR count). The summed E-state index contributed by atoms with van der Waals surface area (Å²) in [6, 6.07) is 23.4. The summed E-state index contributed by atoms with van der Waals surface area (Å²) in [5, 5.41) is 7.34. The van der Waals surface area contributed by atoms with Gasteiger partial charge in [0.1, 0.15) is 11.6 Å². The Balaban J connectivity index is 1.53. The molecule has 0 radical (unpaired) electrons. The molecule has 33 heavy (non-hydrogen) atoms. The lowest BCUT2D eigenvalue weighted by atomic mass is 9.93. The van der Waals surface area contributed by atoms with E-state index in [4.69, 9.17) is 9.47 Å². The molecule has 0 aliphatic carbocycles. The fraction of sp³-hybridized carbons (Fsp3) is 0.222. The number of morpholine rings is 1. The summed E-state index contributed by atoms with van der Waals surface area (Å²) in [7, 11) is 1.67. The van der Waals surface area contributed by atoms with Gasteiger partial charge in [0.2, 0.25) is 0 Å². The number of halogens is 1. The molecule has 1 aliphatic heterocycles. The van der Waals surface area contributed by atoms with Crippen molar-refractivity contribution in [3.05, 3.63) is 95.9 Å². The number of aromatic amines is 1. The van der Waals surface area contributed by atoms with E-state index in [1.54, 1.807) is 19.2 Å². The van der Waals surface area contributed by atoms with Gasteiger partial charge in [0.25, 0.3) is 0 Å². The molecular formula is C27H26FN3O2. The molecule has 0 spiro atoms. The predicted molar refractivity (Wildman–Crippen MR) is 127 cm³/mol. The van der Waals surface area contributed by atoms with Crippen LogP contribution in [0.1, 0.15) is 17.2 Å². The summed E-state index contributed by atoms with van der Waals surface area (Å²) in [6.07, 6.45) is 1.82. The van der Waals surface area contributed by atoms with E-state index < -0.39 is 0 Å². The number of methoxy groups -OCH3 is 1. The topological polar surface area (TPSA) is 50.4 Å². The zero-order chi connectivity index (χ0) is 22.6. The van der Waals surface area contributed by atoms with Crippen molar-refractivity contribution in [1.29, 1.82) is 0 Å². The minimum atomic E-state index is -0.265. The molecular weight excluding hydrogens is 417 g/mol. The number of rotatable bonds is 6. The minimum absolute atomic E-state index is 0.0628. The van der Waals surface area contributed by atoms with Gasteiger partial charge in [-0.25, -0.2) is 4.39 Å². The maximum absolute atomic E-state index is 14.6. The lowest BCUT2D eigenvalue weighted by molar-refractivity contribution is 0.0240. The molecule has 1 saturated heterocycles. The highest BCUT2D eigenvalue weighted by molar-refractivity contribution is 5.67. The lowest BCUT2D eigenvalue weighted by Crippen LogP contribution is -2.39. The maximum Gasteiger partial charge on any atom is 0.132 e. The van der Waals surface area contributed by atoms with Crippen molar-refractivity contribution in [3.63, 3.8) is 0 Å². The van der Waals surface area contributed by atoms with Crippen LogP contribution in [-0.2, 0) is 4.74 Å². The highest BCUT2D eigenvalue weighted by Crippen LogP contribution is 2.36. The highest BCUT2D eigenvalue weighted by atomic mass is 19.1. The monoisotopic (exact) mass is 443 g/mol. The molecule has 1 aliphatic rings. The first-order chi connectivity index (χ1) is 16.2. The van der Waals surface area contributed by atoms with Gasteiger partial charge in [0.05, 0.1) is 38.3 Å². The smallest absolute Gasteiger partial charge is 0.132 e. The Labute approximate surface area is 192 Å². The Morgan fingerprint density at radius 2 is 1.61 bits per heavy atom. The van der Waals surface area contributed by atoms with Crippen LogP contribution in [0.25, 0.3) is 22.4 Å². The molecule has 1 atom stereocenters. The fourth-order valence-corrected chi connectivity index (χ4v) is 4.45. The molecule has 3 aromatic carbocycles. The first-order valence-corrected chi connectivity index (χ1v) is 11.1. The molecule has 0 bridgehead atoms. The van der Waals surface area contributed by atoms with Crippen molar-refractivity contribution in [2.24, 2.45) is 0 Å². The normalized spacial score (nSPS) is 15.3. The van der Waals surface area contributed by atoms with Crippen LogP contribution in [0, 0.1) is 5.82 Å². The molecule has 1 N–H and O–H groups in total. The standard InChI is InChI=1S/C27H26FN3O2/c1-32-22-12-10-20(11-13-22)19-6-8-21(9-7-19)27(31-14-16-33-17-15-31)24-18-29-30-26(24)23-4-2-3-5-25(23)28/h2-13,18,27H,14-17H2,1H3,(H,29,30). The number of hydrogen-bond acceptors (Lipinski definition) is 4. The maximum atomic E-state index is 14.6. The van der Waals surface area contributed by atoms with Crippen LogP contribution in [0.5, 0.6) is 5.75 Å². The van der Waals surface area contributed by atoms with Crippen molar-refractivity contribution < 1.29 is 13.9 Å². The van der Waals surface area contributed by atoms with Gasteiger partial charge in [-0.1, -0.05) is 48.5 Å². The van der Waals surface area contributed by atoms with Gasteiger partial charge in [0, 0.05) is 24.2 Å². The summed E-state index contributed by atoms with van der Waals surface area (Å²) in [4.78, 5) is 2.38. The SMILES string of the molecule is COc1ccc(-c2ccc(C(c3cn[nH]c3-c3ccccc3F)N3CCOCC3)cc2)cc1. The quantitative estimate of drug-likeness (QED) is 0.439. The predicted octanol–water partition coefficient (Wildman–Crippen LogP) is 5.31. The summed E-state index contributed by atoms with van der Waals surface area (Å²) in [5.74, 6) is 0.571. The van der Waals surface area contributed by atoms with Crippen molar-refractivity contribution in [2.75, 3.05) is 33.4 Å². The van der Waals surface area contributed by atoms with Gasteiger partial charge >= 0.3 is 0 Å². The fourth-order valence-electron chi connectivity index (χ4n) is 4.45. The third-order valence-electron chi connectivity index (χ3n) is 6.17. The summed E-state index contributed by atoms with van der Waals surface area (Å²) in [6.45, 7) is 2.94. The van der Waals surface area contributed by atoms with E-state index in [1.807, 2.05) is 24.4 Å². The van der Waals surface area contributed by atoms with Crippen LogP contribution < -0.4 is 4.74 Å². The minimum Gasteiger partial charge on any atom is -0.497 e. The summed E-state index contributed by atoms with van der Waals surface area (Å²) in [5.41, 5.74) is 5.58. The summed E-state index contributed by atoms with van der Waals surface area (Å²) >= 11 is 0. The first-order valence-electron chi connectivity index (χ1n) is 11.1. The van der Waals surface area contributed by atoms with Crippen LogP contribution in [0.3, 0.4) is 0 Å². The van der Waals surface area contributed by atoms with E-state index in [2.05, 4.69) is 51.5 Å². The lowest BCUT2D eigenvalue weighted by Gasteiger charge is -2.35. The van der Waals surface area contributed by atoms with E-state index in [1.165, 1.54) is 6.07 Å². The van der Waals surface area contributed by atoms with Crippen molar-refractivity contribution in [1.82, 2.24) is 15.1 Å². The van der Waals surface area contributed by atoms with Crippen molar-refractivity contribution in [3.8, 4) is 28.1 Å². The number of nitrogens with one attached hydrogen (secondary N) is 1. The largest absolute Gasteiger partial charge is 0.497 e. The third-order valence-corrected chi connectivity index (χ3v) is 6.17. The number of hydrogen-bond donors (Lipinski definition) is 1. The number of benzene rings is 3. The van der Waals surface area contributed by atoms with Crippen molar-refractivity contribution >= 4 is 0 Å². The van der Waals surface area contributed by atoms with Gasteiger partial charge in [-0.3, -0.25) is 10.00 Å². The van der Waals surface area contributed by atoms with Crippen LogP contribution >= 0.6 is 0 Å². The van der Waals surface area contributed by atoms with Gasteiger partial charge in [-0.15, -0.1) is 0 Å². The molecule has 1 fully saturated rings. The number of ether oxygens (including phenoxy) is 2. The summed E-state index contributed by atoms with van der Waals surface area (Å²) < 4.78 is 25.5. The molecule has 0 saturated carbocycles. The Morgan fingerprint density at radius 1 is 0.939 bits per heavy atom. The second-order valence-electron chi connectivity index (χ2n) is 8.08. The molecule has 2 heterocycles. The Bertz CT molecular complexity index is 1200. The van der Waals surface area contributed by atoms with E-state index in [0.717, 1.165) is 41.1 Å². The second kappa shape index (κ2) is 9.57. The molecule has 6 heteroatoms. The van der Waals surface area contributed by atoms with E-state index in [0.29, 0.717) is 24.5 Å². The molecule has 1 aromatic heterocycles. The molecule has 5 nitrogen and oxygen atoms in total. The zero-order valence-corrected chi connectivity index (χ0v) is 18.5. The van der Waals surface area contributed by atoms with Gasteiger partial charge < -0.3 is 9.47 Å². The van der Waals surface area contributed by atoms with Crippen LogP contribution in [-0.4, -0.2) is 48.5 Å². The number of nitrogens with zero attached hydrogens (tertiary/aromatic N) is 2. The average molecular weight is 444 g/mol. The van der Waals surface area contributed by atoms with Gasteiger partial charge in [-0.2, -0.15) is 5.10 Å². The van der Waals surface area contributed by atoms with E-state index >= 15 is 0 Å². The Morgan fingerprint density at radius 3 is 2.27 bits per heavy atom. The second-order valence-corrected chi connectivity index (χ2v) is 8.08. The Kier molecular flexibility index (Phi) is 6.19. The number of aromatic nitrogens is 2. The van der Waals surface area contributed by atoms with Crippen molar-refractivity contribution in [2.45, 2.75) is 6.04 Å². The van der Waals surface area contributed by atoms with Crippen LogP contribution in [0.4, 0.5) is 4.39 Å². The highest BCUT2D eigenvalue weighted by Gasteiger charge is 2.28. The molecule has 168 valence electrons. The van der Waals surface area contributed by atoms with Gasteiger partial charge in [-0.05, 0) is 41.0 Å². The van der Waals surface area contributed by atoms with E-state index in [9.17, 15) is 4.39 Å². The van der Waals surface area contributed by atoms with Crippen LogP contribution in [0.2, 0.25) is 0 Å². The Hall–Kier alpha value is -3.48. The zero-order valence-electron chi connectivity index (χ0n) is 18.5. The molecule has 1 unspecified atom stereocenters. The van der Waals surface area contributed by atoms with E-state index in [-0.39, 0.29) is 11.9 Å². The molecule has 4 aromatic rings. The van der Waals surface area contributed by atoms with Crippen LogP contribution in [0.15, 0.2) is 79.0 Å². The molecule has 0 amide bonds. The average Bonchev–Trinajstić information content (AvgIpc) is 3.35. The third kappa shape index (κ3) is 4.40.